The predicted octanol–water partition coefficient (Wildman–Crippen LogP) is 2.50. The Morgan fingerprint density at radius 2 is 1.91 bits per heavy atom. The second kappa shape index (κ2) is 10.1. The Morgan fingerprint density at radius 3 is 2.59 bits per heavy atom. The van der Waals surface area contributed by atoms with E-state index in [1.54, 1.807) is 24.3 Å². The molecular formula is C21H22ClN3O6S. The summed E-state index contributed by atoms with van der Waals surface area (Å²) in [5.74, 6) is 0.0418. The van der Waals surface area contributed by atoms with Crippen LogP contribution >= 0.6 is 11.6 Å². The van der Waals surface area contributed by atoms with E-state index < -0.39 is 16.0 Å². The molecule has 0 fully saturated rings. The summed E-state index contributed by atoms with van der Waals surface area (Å²) in [6.45, 7) is -0.0209. The van der Waals surface area contributed by atoms with Gasteiger partial charge < -0.3 is 9.47 Å². The van der Waals surface area contributed by atoms with E-state index in [0.29, 0.717) is 22.1 Å². The molecule has 2 heterocycles. The summed E-state index contributed by atoms with van der Waals surface area (Å²) < 4.78 is 37.9. The molecular weight excluding hydrogens is 458 g/mol. The van der Waals surface area contributed by atoms with E-state index in [1.165, 1.54) is 47.3 Å². The number of nitrogens with zero attached hydrogens (tertiary/aromatic N) is 3. The minimum absolute atomic E-state index is 0.0185. The quantitative estimate of drug-likeness (QED) is 0.434. The number of rotatable bonds is 9. The van der Waals surface area contributed by atoms with E-state index >= 15 is 0 Å². The van der Waals surface area contributed by atoms with Gasteiger partial charge in [-0.25, -0.2) is 17.7 Å². The van der Waals surface area contributed by atoms with Crippen LogP contribution in [0.1, 0.15) is 18.5 Å². The number of hydrogen-bond acceptors (Lipinski definition) is 7. The molecule has 0 saturated heterocycles. The lowest BCUT2D eigenvalue weighted by Gasteiger charge is -2.17. The molecule has 9 nitrogen and oxygen atoms in total. The van der Waals surface area contributed by atoms with E-state index in [0.717, 1.165) is 0 Å². The highest BCUT2D eigenvalue weighted by Gasteiger charge is 2.20. The number of esters is 1. The third kappa shape index (κ3) is 5.64. The SMILES string of the molecule is COc1ccc(S(=O)(=O)N(C)CCCC(=O)OCc2cc(=O)n3cc(Cl)ccc3n2)cc1. The van der Waals surface area contributed by atoms with Crippen molar-refractivity contribution in [2.45, 2.75) is 24.3 Å². The number of methoxy groups -OCH3 is 1. The van der Waals surface area contributed by atoms with Crippen molar-refractivity contribution in [3.8, 4) is 5.75 Å². The minimum Gasteiger partial charge on any atom is -0.497 e. The zero-order valence-corrected chi connectivity index (χ0v) is 19.1. The van der Waals surface area contributed by atoms with E-state index in [-0.39, 0.29) is 36.4 Å². The molecule has 3 aromatic rings. The Bertz CT molecular complexity index is 1270. The van der Waals surface area contributed by atoms with Crippen LogP contribution in [0.5, 0.6) is 5.75 Å². The van der Waals surface area contributed by atoms with Gasteiger partial charge in [0.1, 0.15) is 18.0 Å². The Labute approximate surface area is 190 Å². The van der Waals surface area contributed by atoms with Crippen LogP contribution in [0, 0.1) is 0 Å². The van der Waals surface area contributed by atoms with Crippen LogP contribution in [0.15, 0.2) is 58.4 Å². The van der Waals surface area contributed by atoms with E-state index in [2.05, 4.69) is 4.98 Å². The Balaban J connectivity index is 1.51. The highest BCUT2D eigenvalue weighted by molar-refractivity contribution is 7.89. The summed E-state index contributed by atoms with van der Waals surface area (Å²) in [7, 11) is -0.729. The van der Waals surface area contributed by atoms with Crippen molar-refractivity contribution in [1.29, 1.82) is 0 Å². The number of halogens is 1. The van der Waals surface area contributed by atoms with Crippen molar-refractivity contribution >= 4 is 33.2 Å². The lowest BCUT2D eigenvalue weighted by atomic mass is 10.3. The maximum atomic E-state index is 12.6. The molecule has 0 atom stereocenters. The summed E-state index contributed by atoms with van der Waals surface area (Å²) >= 11 is 5.88. The summed E-state index contributed by atoms with van der Waals surface area (Å²) in [5.41, 5.74) is 0.358. The van der Waals surface area contributed by atoms with Gasteiger partial charge in [-0.2, -0.15) is 0 Å². The summed E-state index contributed by atoms with van der Waals surface area (Å²) in [6, 6.07) is 10.5. The average Bonchev–Trinajstić information content (AvgIpc) is 2.78. The zero-order valence-electron chi connectivity index (χ0n) is 17.5. The van der Waals surface area contributed by atoms with E-state index in [9.17, 15) is 18.0 Å². The van der Waals surface area contributed by atoms with Gasteiger partial charge in [0, 0.05) is 32.3 Å². The summed E-state index contributed by atoms with van der Waals surface area (Å²) in [5, 5.41) is 0.402. The topological polar surface area (TPSA) is 107 Å². The number of ether oxygens (including phenoxy) is 2. The van der Waals surface area contributed by atoms with Crippen molar-refractivity contribution in [1.82, 2.24) is 13.7 Å². The number of benzene rings is 1. The highest BCUT2D eigenvalue weighted by atomic mass is 35.5. The standard InChI is InChI=1S/C21H22ClN3O6S/c1-24(32(28,29)18-8-6-17(30-2)7-9-18)11-3-4-21(27)31-14-16-12-20(26)25-13-15(22)5-10-19(25)23-16/h5-10,12-13H,3-4,11,14H2,1-2H3. The van der Waals surface area contributed by atoms with Crippen molar-refractivity contribution in [2.75, 3.05) is 20.7 Å². The molecule has 170 valence electrons. The second-order valence-electron chi connectivity index (χ2n) is 6.93. The van der Waals surface area contributed by atoms with Gasteiger partial charge in [-0.15, -0.1) is 0 Å². The molecule has 0 aliphatic rings. The van der Waals surface area contributed by atoms with Crippen LogP contribution in [-0.4, -0.2) is 48.8 Å². The fourth-order valence-electron chi connectivity index (χ4n) is 2.92. The fraction of sp³-hybridized carbons (Fsp3) is 0.286. The first-order chi connectivity index (χ1) is 15.2. The first-order valence-electron chi connectivity index (χ1n) is 9.64. The summed E-state index contributed by atoms with van der Waals surface area (Å²) in [6.07, 6.45) is 1.75. The van der Waals surface area contributed by atoms with Crippen molar-refractivity contribution < 1.29 is 22.7 Å². The minimum atomic E-state index is -3.68. The number of aromatic nitrogens is 2. The highest BCUT2D eigenvalue weighted by Crippen LogP contribution is 2.19. The smallest absolute Gasteiger partial charge is 0.306 e. The number of carbonyl (C=O) groups is 1. The molecule has 0 spiro atoms. The maximum Gasteiger partial charge on any atom is 0.306 e. The molecule has 0 amide bonds. The van der Waals surface area contributed by atoms with Gasteiger partial charge in [-0.3, -0.25) is 14.0 Å². The molecule has 0 N–H and O–H groups in total. The predicted molar refractivity (Wildman–Crippen MR) is 118 cm³/mol. The van der Waals surface area contributed by atoms with Crippen molar-refractivity contribution in [2.24, 2.45) is 0 Å². The molecule has 1 aromatic carbocycles. The van der Waals surface area contributed by atoms with Crippen molar-refractivity contribution in [3.05, 3.63) is 69.7 Å². The monoisotopic (exact) mass is 479 g/mol. The fourth-order valence-corrected chi connectivity index (χ4v) is 4.29. The van der Waals surface area contributed by atoms with E-state index in [1.807, 2.05) is 0 Å². The second-order valence-corrected chi connectivity index (χ2v) is 9.41. The largest absolute Gasteiger partial charge is 0.497 e. The van der Waals surface area contributed by atoms with Crippen LogP contribution in [-0.2, 0) is 26.2 Å². The third-order valence-electron chi connectivity index (χ3n) is 4.68. The number of carbonyl (C=O) groups excluding carboxylic acids is 1. The van der Waals surface area contributed by atoms with Gasteiger partial charge in [0.05, 0.1) is 22.7 Å². The molecule has 0 bridgehead atoms. The van der Waals surface area contributed by atoms with Crippen LogP contribution in [0.2, 0.25) is 5.02 Å². The Kier molecular flexibility index (Phi) is 7.49. The first kappa shape index (κ1) is 23.7. The van der Waals surface area contributed by atoms with Crippen molar-refractivity contribution in [3.63, 3.8) is 0 Å². The maximum absolute atomic E-state index is 12.6. The van der Waals surface area contributed by atoms with Crippen LogP contribution < -0.4 is 10.3 Å². The van der Waals surface area contributed by atoms with Crippen LogP contribution in [0.25, 0.3) is 5.65 Å². The van der Waals surface area contributed by atoms with Gasteiger partial charge in [-0.05, 0) is 42.8 Å². The van der Waals surface area contributed by atoms with Crippen LogP contribution in [0.4, 0.5) is 0 Å². The molecule has 0 radical (unpaired) electrons. The van der Waals surface area contributed by atoms with Gasteiger partial charge in [0.15, 0.2) is 0 Å². The van der Waals surface area contributed by atoms with Gasteiger partial charge >= 0.3 is 5.97 Å². The number of hydrogen-bond donors (Lipinski definition) is 0. The molecule has 32 heavy (non-hydrogen) atoms. The Morgan fingerprint density at radius 1 is 1.19 bits per heavy atom. The molecule has 0 unspecified atom stereocenters. The molecule has 0 saturated carbocycles. The average molecular weight is 480 g/mol. The number of sulfonamides is 1. The molecule has 3 rings (SSSR count). The zero-order chi connectivity index (χ0) is 23.3. The molecule has 0 aliphatic heterocycles. The third-order valence-corrected chi connectivity index (χ3v) is 6.77. The van der Waals surface area contributed by atoms with Gasteiger partial charge in [-0.1, -0.05) is 11.6 Å². The molecule has 11 heteroatoms. The number of pyridine rings is 1. The molecule has 0 aliphatic carbocycles. The van der Waals surface area contributed by atoms with E-state index in [4.69, 9.17) is 21.1 Å². The molecule has 2 aromatic heterocycles. The Hall–Kier alpha value is -2.95. The lowest BCUT2D eigenvalue weighted by Crippen LogP contribution is -2.28. The van der Waals surface area contributed by atoms with Gasteiger partial charge in [0.2, 0.25) is 10.0 Å². The lowest BCUT2D eigenvalue weighted by molar-refractivity contribution is -0.145. The van der Waals surface area contributed by atoms with Gasteiger partial charge in [0.25, 0.3) is 5.56 Å². The number of fused-ring (bicyclic) bond motifs is 1. The first-order valence-corrected chi connectivity index (χ1v) is 11.5. The van der Waals surface area contributed by atoms with Crippen LogP contribution in [0.3, 0.4) is 0 Å². The normalized spacial score (nSPS) is 11.6. The summed E-state index contributed by atoms with van der Waals surface area (Å²) in [4.78, 5) is 28.6.